The van der Waals surface area contributed by atoms with Crippen molar-refractivity contribution in [3.05, 3.63) is 200 Å². The summed E-state index contributed by atoms with van der Waals surface area (Å²) in [4.78, 5) is 2.42. The van der Waals surface area contributed by atoms with E-state index in [1.807, 2.05) is 11.3 Å². The van der Waals surface area contributed by atoms with Gasteiger partial charge in [0.25, 0.3) is 0 Å². The van der Waals surface area contributed by atoms with Crippen molar-refractivity contribution in [1.29, 1.82) is 0 Å². The normalized spacial score (nSPS) is 11.5. The van der Waals surface area contributed by atoms with Crippen LogP contribution >= 0.6 is 11.3 Å². The molecule has 10 rings (SSSR count). The topological polar surface area (TPSA) is 3.24 Å². The van der Waals surface area contributed by atoms with Crippen LogP contribution in [0.15, 0.2) is 200 Å². The molecule has 0 saturated heterocycles. The van der Waals surface area contributed by atoms with E-state index in [2.05, 4.69) is 205 Å². The third-order valence-electron chi connectivity index (χ3n) is 10.2. The molecule has 1 heterocycles. The number of hydrogen-bond donors (Lipinski definition) is 0. The molecule has 0 N–H and O–H groups in total. The first kappa shape index (κ1) is 30.4. The Bertz CT molecular complexity index is 2920. The first-order valence-corrected chi connectivity index (χ1v) is 18.6. The molecule has 9 aromatic carbocycles. The maximum absolute atomic E-state index is 2.42. The van der Waals surface area contributed by atoms with Crippen molar-refractivity contribution in [3.63, 3.8) is 0 Å². The third kappa shape index (κ3) is 5.42. The van der Waals surface area contributed by atoms with Crippen LogP contribution in [0.25, 0.3) is 75.1 Å². The highest BCUT2D eigenvalue weighted by molar-refractivity contribution is 7.25. The zero-order valence-electron chi connectivity index (χ0n) is 28.4. The van der Waals surface area contributed by atoms with Crippen LogP contribution in [0.1, 0.15) is 0 Å². The predicted octanol–water partition coefficient (Wildman–Crippen LogP) is 14.8. The standard InChI is InChI=1S/C50H33NS/c1-2-12-35(13-3-1)45-17-6-8-19-48(45)51(44-27-28-47-46-18-7-9-20-49(46)52-50(47)33-44)43-26-25-41-31-40(23-24-42(41)32-43)38-16-10-15-37(30-38)39-22-21-34-11-4-5-14-36(34)29-39/h1-33H. The lowest BCUT2D eigenvalue weighted by Crippen LogP contribution is -2.11. The molecule has 0 amide bonds. The molecule has 244 valence electrons. The molecular weight excluding hydrogens is 647 g/mol. The fourth-order valence-electron chi connectivity index (χ4n) is 7.61. The molecule has 0 saturated carbocycles. The molecule has 1 nitrogen and oxygen atoms in total. The Morgan fingerprint density at radius 1 is 0.308 bits per heavy atom. The highest BCUT2D eigenvalue weighted by atomic mass is 32.1. The third-order valence-corrected chi connectivity index (χ3v) is 11.3. The first-order chi connectivity index (χ1) is 25.7. The Kier molecular flexibility index (Phi) is 7.41. The summed E-state index contributed by atoms with van der Waals surface area (Å²) in [7, 11) is 0. The van der Waals surface area contributed by atoms with Gasteiger partial charge in [0.2, 0.25) is 0 Å². The quantitative estimate of drug-likeness (QED) is 0.169. The molecule has 2 heteroatoms. The minimum atomic E-state index is 1.13. The van der Waals surface area contributed by atoms with E-state index in [-0.39, 0.29) is 0 Å². The number of thiophene rings is 1. The maximum atomic E-state index is 2.42. The molecule has 1 aromatic heterocycles. The van der Waals surface area contributed by atoms with Crippen LogP contribution < -0.4 is 4.90 Å². The smallest absolute Gasteiger partial charge is 0.0540 e. The molecule has 0 fully saturated rings. The molecule has 0 aliphatic carbocycles. The van der Waals surface area contributed by atoms with Crippen molar-refractivity contribution in [1.82, 2.24) is 0 Å². The number of hydrogen-bond acceptors (Lipinski definition) is 2. The summed E-state index contributed by atoms with van der Waals surface area (Å²) in [5.74, 6) is 0. The van der Waals surface area contributed by atoms with E-state index in [0.29, 0.717) is 0 Å². The van der Waals surface area contributed by atoms with Gasteiger partial charge in [0, 0.05) is 37.1 Å². The number of rotatable bonds is 6. The average molecular weight is 680 g/mol. The van der Waals surface area contributed by atoms with E-state index in [0.717, 1.165) is 17.1 Å². The predicted molar refractivity (Wildman–Crippen MR) is 225 cm³/mol. The van der Waals surface area contributed by atoms with Crippen LogP contribution in [0, 0.1) is 0 Å². The van der Waals surface area contributed by atoms with Gasteiger partial charge in [0.1, 0.15) is 0 Å². The molecule has 0 spiro atoms. The molecular formula is C50H33NS. The molecule has 0 aliphatic heterocycles. The van der Waals surface area contributed by atoms with Crippen LogP contribution in [0.3, 0.4) is 0 Å². The minimum Gasteiger partial charge on any atom is -0.310 e. The Labute approximate surface area is 307 Å². The van der Waals surface area contributed by atoms with Crippen molar-refractivity contribution < 1.29 is 0 Å². The summed E-state index contributed by atoms with van der Waals surface area (Å²) in [5, 5.41) is 7.56. The molecule has 0 bridgehead atoms. The molecule has 52 heavy (non-hydrogen) atoms. The van der Waals surface area contributed by atoms with Crippen molar-refractivity contribution in [2.24, 2.45) is 0 Å². The summed E-state index contributed by atoms with van der Waals surface area (Å²) < 4.78 is 2.60. The summed E-state index contributed by atoms with van der Waals surface area (Å²) in [6.07, 6.45) is 0. The second-order valence-corrected chi connectivity index (χ2v) is 14.5. The van der Waals surface area contributed by atoms with Crippen molar-refractivity contribution in [2.45, 2.75) is 0 Å². The Balaban J connectivity index is 1.07. The van der Waals surface area contributed by atoms with Gasteiger partial charge in [0.05, 0.1) is 5.69 Å². The van der Waals surface area contributed by atoms with E-state index in [9.17, 15) is 0 Å². The van der Waals surface area contributed by atoms with Gasteiger partial charge >= 0.3 is 0 Å². The van der Waals surface area contributed by atoms with Gasteiger partial charge in [-0.05, 0) is 104 Å². The van der Waals surface area contributed by atoms with Crippen molar-refractivity contribution >= 4 is 70.1 Å². The van der Waals surface area contributed by atoms with Crippen molar-refractivity contribution in [2.75, 3.05) is 4.90 Å². The summed E-state index contributed by atoms with van der Waals surface area (Å²) in [6, 6.07) is 73.0. The van der Waals surface area contributed by atoms with Gasteiger partial charge < -0.3 is 4.90 Å². The highest BCUT2D eigenvalue weighted by Gasteiger charge is 2.19. The molecule has 0 unspecified atom stereocenters. The zero-order valence-corrected chi connectivity index (χ0v) is 29.2. The lowest BCUT2D eigenvalue weighted by Gasteiger charge is -2.28. The number of benzene rings is 9. The highest BCUT2D eigenvalue weighted by Crippen LogP contribution is 2.44. The number of nitrogens with zero attached hydrogens (tertiary/aromatic N) is 1. The van der Waals surface area contributed by atoms with E-state index in [1.165, 1.54) is 75.1 Å². The minimum absolute atomic E-state index is 1.13. The first-order valence-electron chi connectivity index (χ1n) is 17.7. The fourth-order valence-corrected chi connectivity index (χ4v) is 8.75. The number of para-hydroxylation sites is 1. The van der Waals surface area contributed by atoms with Gasteiger partial charge in [-0.25, -0.2) is 0 Å². The van der Waals surface area contributed by atoms with Gasteiger partial charge in [-0.3, -0.25) is 0 Å². The van der Waals surface area contributed by atoms with Crippen LogP contribution in [-0.2, 0) is 0 Å². The summed E-state index contributed by atoms with van der Waals surface area (Å²) >= 11 is 1.86. The number of fused-ring (bicyclic) bond motifs is 5. The Morgan fingerprint density at radius 2 is 0.865 bits per heavy atom. The van der Waals surface area contributed by atoms with Gasteiger partial charge in [-0.1, -0.05) is 146 Å². The van der Waals surface area contributed by atoms with E-state index in [1.54, 1.807) is 0 Å². The van der Waals surface area contributed by atoms with E-state index < -0.39 is 0 Å². The van der Waals surface area contributed by atoms with Gasteiger partial charge in [-0.15, -0.1) is 11.3 Å². The molecule has 10 aromatic rings. The fraction of sp³-hybridized carbons (Fsp3) is 0. The molecule has 0 aliphatic rings. The molecule has 0 radical (unpaired) electrons. The SMILES string of the molecule is c1ccc(-c2ccccc2N(c2ccc3cc(-c4cccc(-c5ccc6ccccc6c5)c4)ccc3c2)c2ccc3c(c2)sc2ccccc23)cc1. The summed E-state index contributed by atoms with van der Waals surface area (Å²) in [6.45, 7) is 0. The lowest BCUT2D eigenvalue weighted by molar-refractivity contribution is 1.30. The maximum Gasteiger partial charge on any atom is 0.0540 e. The van der Waals surface area contributed by atoms with Crippen LogP contribution in [0.4, 0.5) is 17.1 Å². The lowest BCUT2D eigenvalue weighted by atomic mass is 9.96. The largest absolute Gasteiger partial charge is 0.310 e. The Morgan fingerprint density at radius 3 is 1.71 bits per heavy atom. The summed E-state index contributed by atoms with van der Waals surface area (Å²) in [5.41, 5.74) is 10.7. The molecule has 0 atom stereocenters. The number of anilines is 3. The Hall–Kier alpha value is -6.48. The second kappa shape index (κ2) is 12.7. The van der Waals surface area contributed by atoms with Crippen LogP contribution in [-0.4, -0.2) is 0 Å². The monoisotopic (exact) mass is 679 g/mol. The van der Waals surface area contributed by atoms with E-state index >= 15 is 0 Å². The van der Waals surface area contributed by atoms with Crippen LogP contribution in [0.5, 0.6) is 0 Å². The van der Waals surface area contributed by atoms with E-state index in [4.69, 9.17) is 0 Å². The second-order valence-electron chi connectivity index (χ2n) is 13.4. The van der Waals surface area contributed by atoms with Crippen LogP contribution in [0.2, 0.25) is 0 Å². The van der Waals surface area contributed by atoms with Gasteiger partial charge in [-0.2, -0.15) is 0 Å². The zero-order chi connectivity index (χ0) is 34.4. The van der Waals surface area contributed by atoms with Crippen molar-refractivity contribution in [3.8, 4) is 33.4 Å². The average Bonchev–Trinajstić information content (AvgIpc) is 3.59. The van der Waals surface area contributed by atoms with Gasteiger partial charge in [0.15, 0.2) is 0 Å².